The quantitative estimate of drug-likeness (QED) is 0.295. The molecule has 0 saturated carbocycles. The molecule has 3 rings (SSSR count). The van der Waals surface area contributed by atoms with E-state index in [0.29, 0.717) is 30.5 Å². The van der Waals surface area contributed by atoms with E-state index >= 15 is 0 Å². The summed E-state index contributed by atoms with van der Waals surface area (Å²) in [7, 11) is 0. The van der Waals surface area contributed by atoms with E-state index in [0.717, 1.165) is 28.2 Å². The van der Waals surface area contributed by atoms with E-state index < -0.39 is 0 Å². The number of rotatable bonds is 15. The molecule has 0 saturated heterocycles. The normalized spacial score (nSPS) is 14.7. The van der Waals surface area contributed by atoms with Crippen LogP contribution in [0.4, 0.5) is 5.69 Å². The molecule has 0 bridgehead atoms. The first-order valence-corrected chi connectivity index (χ1v) is 13.3. The predicted molar refractivity (Wildman–Crippen MR) is 146 cm³/mol. The number of carbonyl (C=O) groups excluding carboxylic acids is 8. The van der Waals surface area contributed by atoms with Gasteiger partial charge < -0.3 is 11.1 Å². The highest BCUT2D eigenvalue weighted by Crippen LogP contribution is 2.22. The molecule has 5 amide bonds. The van der Waals surface area contributed by atoms with Gasteiger partial charge >= 0.3 is 6.15 Å². The van der Waals surface area contributed by atoms with Crippen molar-refractivity contribution in [1.82, 2.24) is 9.80 Å². The maximum absolute atomic E-state index is 12.7. The van der Waals surface area contributed by atoms with Crippen LogP contribution in [0.5, 0.6) is 0 Å². The first kappa shape index (κ1) is 32.7. The number of anilines is 1. The summed E-state index contributed by atoms with van der Waals surface area (Å²) in [6.45, 7) is 2.38. The van der Waals surface area contributed by atoms with Crippen molar-refractivity contribution in [1.29, 1.82) is 0 Å². The maximum Gasteiger partial charge on any atom is 0.373 e. The van der Waals surface area contributed by atoms with Crippen LogP contribution in [0.15, 0.2) is 42.5 Å². The molecule has 0 fully saturated rings. The smallest absolute Gasteiger partial charge is 0.327 e. The van der Waals surface area contributed by atoms with Crippen LogP contribution in [-0.4, -0.2) is 70.4 Å². The van der Waals surface area contributed by atoms with Crippen molar-refractivity contribution in [3.63, 3.8) is 0 Å². The van der Waals surface area contributed by atoms with Gasteiger partial charge in [-0.05, 0) is 42.9 Å². The number of hydrogen-bond acceptors (Lipinski definition) is 9. The van der Waals surface area contributed by atoms with E-state index in [-0.39, 0.29) is 79.9 Å². The third-order valence-electron chi connectivity index (χ3n) is 6.42. The van der Waals surface area contributed by atoms with Crippen molar-refractivity contribution in [2.24, 2.45) is 5.73 Å². The number of nitrogens with one attached hydrogen (secondary N) is 1. The summed E-state index contributed by atoms with van der Waals surface area (Å²) >= 11 is 0. The number of imide groups is 2. The summed E-state index contributed by atoms with van der Waals surface area (Å²) in [5.41, 5.74) is 8.31. The van der Waals surface area contributed by atoms with Crippen LogP contribution < -0.4 is 11.1 Å². The topological polar surface area (TPSA) is 181 Å². The zero-order valence-corrected chi connectivity index (χ0v) is 22.9. The number of ketones is 1. The Bertz CT molecular complexity index is 1230. The van der Waals surface area contributed by atoms with E-state index in [2.05, 4.69) is 12.2 Å². The molecule has 0 aromatic heterocycles. The largest absolute Gasteiger partial charge is 0.373 e. The summed E-state index contributed by atoms with van der Waals surface area (Å²) in [6.07, 6.45) is 8.56. The minimum absolute atomic E-state index is 0.0225. The van der Waals surface area contributed by atoms with E-state index in [9.17, 15) is 28.8 Å². The molecule has 12 nitrogen and oxygen atoms in total. The van der Waals surface area contributed by atoms with Gasteiger partial charge in [0.1, 0.15) is 5.78 Å². The van der Waals surface area contributed by atoms with Gasteiger partial charge in [-0.1, -0.05) is 25.5 Å². The standard InChI is InChI=1S/C28H34N4O6.CO2/c1-2-5-21(29)16-19-8-9-20(18-22(33)6-3-14-31-25(35)10-11-26(31)36)23(17-19)30-24(34)7-4-15-32-27(37)12-13-28(32)38;2-1-3/h8-13,17,21H,2-7,14-16,18,29H2,1H3,(H,30,34);/t21-;/m1./s1. The van der Waals surface area contributed by atoms with Gasteiger partial charge in [0.2, 0.25) is 5.91 Å². The lowest BCUT2D eigenvalue weighted by Gasteiger charge is -2.16. The SMILES string of the molecule is CCC[C@@H](N)Cc1ccc(CC(=O)CCCN2C(=O)C=CC2=O)c(NC(=O)CCCN2C(=O)C=CC2=O)c1.O=C=O. The summed E-state index contributed by atoms with van der Waals surface area (Å²) in [5.74, 6) is -1.90. The van der Waals surface area contributed by atoms with Gasteiger partial charge in [-0.2, -0.15) is 9.59 Å². The molecule has 12 heteroatoms. The summed E-state index contributed by atoms with van der Waals surface area (Å²) in [5, 5.41) is 2.88. The molecule has 0 aliphatic carbocycles. The van der Waals surface area contributed by atoms with Crippen LogP contribution in [0.25, 0.3) is 0 Å². The van der Waals surface area contributed by atoms with Crippen molar-refractivity contribution >= 4 is 47.2 Å². The fourth-order valence-corrected chi connectivity index (χ4v) is 4.45. The lowest BCUT2D eigenvalue weighted by Crippen LogP contribution is -2.31. The minimum atomic E-state index is -0.387. The molecule has 0 spiro atoms. The average molecular weight is 567 g/mol. The molecule has 1 aromatic rings. The van der Waals surface area contributed by atoms with Crippen molar-refractivity contribution in [3.05, 3.63) is 53.6 Å². The van der Waals surface area contributed by atoms with E-state index in [1.54, 1.807) is 0 Å². The molecule has 2 aliphatic rings. The van der Waals surface area contributed by atoms with Gasteiger partial charge in [0.05, 0.1) is 0 Å². The van der Waals surface area contributed by atoms with Gasteiger partial charge in [-0.3, -0.25) is 38.6 Å². The number of hydrogen-bond donors (Lipinski definition) is 2. The van der Waals surface area contributed by atoms with Crippen molar-refractivity contribution < 1.29 is 38.4 Å². The predicted octanol–water partition coefficient (Wildman–Crippen LogP) is 1.23. The Labute approximate surface area is 237 Å². The zero-order chi connectivity index (χ0) is 30.4. The molecule has 0 unspecified atom stereocenters. The highest BCUT2D eigenvalue weighted by Gasteiger charge is 2.24. The zero-order valence-electron chi connectivity index (χ0n) is 22.9. The minimum Gasteiger partial charge on any atom is -0.327 e. The molecular formula is C29H34N4O8. The molecular weight excluding hydrogens is 532 g/mol. The van der Waals surface area contributed by atoms with Crippen LogP contribution in [0.1, 0.15) is 56.6 Å². The van der Waals surface area contributed by atoms with Gasteiger partial charge in [-0.15, -0.1) is 0 Å². The van der Waals surface area contributed by atoms with Crippen molar-refractivity contribution in [2.45, 2.75) is 64.3 Å². The highest BCUT2D eigenvalue weighted by molar-refractivity contribution is 6.13. The molecule has 0 radical (unpaired) electrons. The van der Waals surface area contributed by atoms with E-state index in [1.165, 1.54) is 24.3 Å². The molecule has 2 heterocycles. The van der Waals surface area contributed by atoms with Gasteiger partial charge in [0, 0.05) is 68.4 Å². The molecule has 3 N–H and O–H groups in total. The number of Topliss-reactive ketones (excluding diaryl/α,β-unsaturated/α-hetero) is 1. The van der Waals surface area contributed by atoms with Crippen LogP contribution in [-0.2, 0) is 51.2 Å². The molecule has 1 atom stereocenters. The average Bonchev–Trinajstić information content (AvgIpc) is 3.41. The number of nitrogens with two attached hydrogens (primary N) is 1. The van der Waals surface area contributed by atoms with E-state index in [4.69, 9.17) is 15.3 Å². The van der Waals surface area contributed by atoms with E-state index in [1.807, 2.05) is 18.2 Å². The summed E-state index contributed by atoms with van der Waals surface area (Å²) in [4.78, 5) is 90.6. The molecule has 2 aliphatic heterocycles. The first-order valence-electron chi connectivity index (χ1n) is 13.3. The summed E-state index contributed by atoms with van der Waals surface area (Å²) < 4.78 is 0. The second-order valence-electron chi connectivity index (χ2n) is 9.62. The molecule has 41 heavy (non-hydrogen) atoms. The Morgan fingerprint density at radius 2 is 1.39 bits per heavy atom. The fourth-order valence-electron chi connectivity index (χ4n) is 4.45. The van der Waals surface area contributed by atoms with Crippen molar-refractivity contribution in [2.75, 3.05) is 18.4 Å². The van der Waals surface area contributed by atoms with Crippen LogP contribution >= 0.6 is 0 Å². The van der Waals surface area contributed by atoms with Crippen LogP contribution in [0.2, 0.25) is 0 Å². The van der Waals surface area contributed by atoms with Gasteiger partial charge in [0.25, 0.3) is 23.6 Å². The third kappa shape index (κ3) is 10.5. The number of amides is 5. The number of carbonyl (C=O) groups is 6. The Kier molecular flexibility index (Phi) is 13.2. The first-order chi connectivity index (χ1) is 19.6. The second-order valence-corrected chi connectivity index (χ2v) is 9.62. The van der Waals surface area contributed by atoms with Gasteiger partial charge in [0.15, 0.2) is 0 Å². The van der Waals surface area contributed by atoms with Crippen molar-refractivity contribution in [3.8, 4) is 0 Å². The van der Waals surface area contributed by atoms with Crippen LogP contribution in [0, 0.1) is 0 Å². The Balaban J connectivity index is 0.00000187. The Hall–Kier alpha value is -4.54. The van der Waals surface area contributed by atoms with Gasteiger partial charge in [-0.25, -0.2) is 0 Å². The Morgan fingerprint density at radius 1 is 0.878 bits per heavy atom. The Morgan fingerprint density at radius 3 is 1.90 bits per heavy atom. The molecule has 218 valence electrons. The maximum atomic E-state index is 12.7. The lowest BCUT2D eigenvalue weighted by atomic mass is 9.97. The molecule has 1 aromatic carbocycles. The summed E-state index contributed by atoms with van der Waals surface area (Å²) in [6, 6.07) is 5.52. The number of benzene rings is 1. The monoisotopic (exact) mass is 566 g/mol. The van der Waals surface area contributed by atoms with Crippen LogP contribution in [0.3, 0.4) is 0 Å². The second kappa shape index (κ2) is 16.5. The lowest BCUT2D eigenvalue weighted by molar-refractivity contribution is -0.191. The fraction of sp³-hybridized carbons (Fsp3) is 0.414. The number of nitrogens with zero attached hydrogens (tertiary/aromatic N) is 2. The third-order valence-corrected chi connectivity index (χ3v) is 6.42. The highest BCUT2D eigenvalue weighted by atomic mass is 16.2.